The van der Waals surface area contributed by atoms with Gasteiger partial charge in [0.25, 0.3) is 0 Å². The van der Waals surface area contributed by atoms with E-state index in [1.54, 1.807) is 12.1 Å². The Hall–Kier alpha value is -1.55. The van der Waals surface area contributed by atoms with Gasteiger partial charge in [0.2, 0.25) is 5.91 Å². The number of rotatable bonds is 7. The first kappa shape index (κ1) is 16.5. The molecule has 0 aliphatic heterocycles. The number of phenols is 1. The quantitative estimate of drug-likeness (QED) is 0.715. The first-order valence-corrected chi connectivity index (χ1v) is 7.22. The summed E-state index contributed by atoms with van der Waals surface area (Å²) in [7, 11) is 0. The molecule has 4 heteroatoms. The molecule has 1 rings (SSSR count). The molecule has 0 radical (unpaired) electrons. The molecule has 4 nitrogen and oxygen atoms in total. The second-order valence-corrected chi connectivity index (χ2v) is 5.85. The van der Waals surface area contributed by atoms with Gasteiger partial charge in [-0.25, -0.2) is 0 Å². The maximum absolute atomic E-state index is 11.9. The summed E-state index contributed by atoms with van der Waals surface area (Å²) >= 11 is 0. The third-order valence-electron chi connectivity index (χ3n) is 3.25. The van der Waals surface area contributed by atoms with Gasteiger partial charge in [-0.15, -0.1) is 0 Å². The van der Waals surface area contributed by atoms with Gasteiger partial charge in [-0.3, -0.25) is 4.79 Å². The van der Waals surface area contributed by atoms with Crippen LogP contribution in [-0.4, -0.2) is 23.1 Å². The Morgan fingerprint density at radius 1 is 1.25 bits per heavy atom. The van der Waals surface area contributed by atoms with Crippen LogP contribution in [0.25, 0.3) is 0 Å². The summed E-state index contributed by atoms with van der Waals surface area (Å²) in [5, 5.41) is 12.2. The van der Waals surface area contributed by atoms with Crippen molar-refractivity contribution in [1.82, 2.24) is 5.32 Å². The number of aryl methyl sites for hydroxylation is 1. The molecule has 0 aliphatic carbocycles. The summed E-state index contributed by atoms with van der Waals surface area (Å²) < 4.78 is 0. The first-order valence-electron chi connectivity index (χ1n) is 7.22. The second-order valence-electron chi connectivity index (χ2n) is 5.85. The first-order chi connectivity index (χ1) is 9.38. The smallest absolute Gasteiger partial charge is 0.237 e. The van der Waals surface area contributed by atoms with Crippen molar-refractivity contribution in [3.63, 3.8) is 0 Å². The average molecular weight is 278 g/mol. The van der Waals surface area contributed by atoms with Crippen LogP contribution in [0.15, 0.2) is 24.3 Å². The number of amides is 1. The molecule has 1 aromatic rings. The zero-order valence-corrected chi connectivity index (χ0v) is 12.6. The number of carbonyl (C=O) groups is 1. The summed E-state index contributed by atoms with van der Waals surface area (Å²) in [5.41, 5.74) is 7.00. The van der Waals surface area contributed by atoms with Gasteiger partial charge in [-0.05, 0) is 49.8 Å². The van der Waals surface area contributed by atoms with E-state index in [1.165, 1.54) is 0 Å². The van der Waals surface area contributed by atoms with E-state index in [-0.39, 0.29) is 17.7 Å². The molecule has 20 heavy (non-hydrogen) atoms. The van der Waals surface area contributed by atoms with Gasteiger partial charge >= 0.3 is 0 Å². The van der Waals surface area contributed by atoms with Gasteiger partial charge in [-0.2, -0.15) is 0 Å². The van der Waals surface area contributed by atoms with E-state index in [9.17, 15) is 9.90 Å². The van der Waals surface area contributed by atoms with E-state index < -0.39 is 6.04 Å². The predicted molar refractivity (Wildman–Crippen MR) is 81.5 cm³/mol. The number of aromatic hydroxyl groups is 1. The molecule has 2 atom stereocenters. The minimum Gasteiger partial charge on any atom is -0.508 e. The van der Waals surface area contributed by atoms with Crippen molar-refractivity contribution in [1.29, 1.82) is 0 Å². The Kier molecular flexibility index (Phi) is 6.52. The van der Waals surface area contributed by atoms with Crippen molar-refractivity contribution >= 4 is 5.91 Å². The van der Waals surface area contributed by atoms with Crippen molar-refractivity contribution in [2.24, 2.45) is 11.7 Å². The molecule has 1 unspecified atom stereocenters. The highest BCUT2D eigenvalue weighted by Crippen LogP contribution is 2.12. The van der Waals surface area contributed by atoms with Crippen LogP contribution in [0, 0.1) is 5.92 Å². The summed E-state index contributed by atoms with van der Waals surface area (Å²) in [4.78, 5) is 11.9. The Labute approximate surface area is 121 Å². The third kappa shape index (κ3) is 6.06. The topological polar surface area (TPSA) is 75.4 Å². The lowest BCUT2D eigenvalue weighted by Gasteiger charge is -2.18. The molecule has 0 saturated heterocycles. The van der Waals surface area contributed by atoms with E-state index in [2.05, 4.69) is 19.2 Å². The maximum atomic E-state index is 11.9. The number of phenolic OH excluding ortho intramolecular Hbond substituents is 1. The van der Waals surface area contributed by atoms with Gasteiger partial charge in [0, 0.05) is 6.04 Å². The molecule has 0 bridgehead atoms. The molecule has 0 fully saturated rings. The number of hydrogen-bond acceptors (Lipinski definition) is 3. The summed E-state index contributed by atoms with van der Waals surface area (Å²) in [6.07, 6.45) is 2.42. The minimum absolute atomic E-state index is 0.0723. The standard InChI is InChI=1S/C16H26N2O2/c1-11(2)10-15(17)16(20)18-12(3)4-5-13-6-8-14(19)9-7-13/h6-9,11-12,15,19H,4-5,10,17H2,1-3H3,(H,18,20)/t12?,15-/m0/s1. The number of benzene rings is 1. The zero-order valence-electron chi connectivity index (χ0n) is 12.6. The summed E-state index contributed by atoms with van der Waals surface area (Å²) in [6.45, 7) is 6.10. The van der Waals surface area contributed by atoms with Gasteiger partial charge in [-0.1, -0.05) is 26.0 Å². The van der Waals surface area contributed by atoms with Crippen LogP contribution in [0.1, 0.15) is 39.2 Å². The normalized spacial score (nSPS) is 14.1. The van der Waals surface area contributed by atoms with E-state index in [0.29, 0.717) is 12.3 Å². The molecule has 112 valence electrons. The van der Waals surface area contributed by atoms with Crippen molar-refractivity contribution in [2.45, 2.75) is 52.1 Å². The van der Waals surface area contributed by atoms with Crippen LogP contribution < -0.4 is 11.1 Å². The van der Waals surface area contributed by atoms with Crippen LogP contribution in [0.2, 0.25) is 0 Å². The van der Waals surface area contributed by atoms with Crippen LogP contribution in [0.3, 0.4) is 0 Å². The van der Waals surface area contributed by atoms with E-state index in [0.717, 1.165) is 18.4 Å². The lowest BCUT2D eigenvalue weighted by atomic mass is 10.0. The van der Waals surface area contributed by atoms with Gasteiger partial charge in [0.15, 0.2) is 0 Å². The van der Waals surface area contributed by atoms with E-state index >= 15 is 0 Å². The van der Waals surface area contributed by atoms with Gasteiger partial charge in [0.1, 0.15) is 5.75 Å². The highest BCUT2D eigenvalue weighted by molar-refractivity contribution is 5.81. The molecule has 0 aliphatic rings. The monoisotopic (exact) mass is 278 g/mol. The van der Waals surface area contributed by atoms with Crippen molar-refractivity contribution in [3.8, 4) is 5.75 Å². The molecule has 0 saturated carbocycles. The number of nitrogens with two attached hydrogens (primary N) is 1. The van der Waals surface area contributed by atoms with Crippen molar-refractivity contribution in [3.05, 3.63) is 29.8 Å². The number of nitrogens with one attached hydrogen (secondary N) is 1. The Bertz CT molecular complexity index is 415. The maximum Gasteiger partial charge on any atom is 0.237 e. The highest BCUT2D eigenvalue weighted by atomic mass is 16.3. The largest absolute Gasteiger partial charge is 0.508 e. The molecule has 1 aromatic carbocycles. The lowest BCUT2D eigenvalue weighted by Crippen LogP contribution is -2.45. The average Bonchev–Trinajstić information content (AvgIpc) is 2.37. The van der Waals surface area contributed by atoms with E-state index in [4.69, 9.17) is 5.73 Å². The predicted octanol–water partition coefficient (Wildman–Crippen LogP) is 2.20. The number of hydrogen-bond donors (Lipinski definition) is 3. The molecule has 0 spiro atoms. The van der Waals surface area contributed by atoms with Crippen molar-refractivity contribution in [2.75, 3.05) is 0 Å². The SMILES string of the molecule is CC(C)C[C@H](N)C(=O)NC(C)CCc1ccc(O)cc1. The number of carbonyl (C=O) groups excluding carboxylic acids is 1. The van der Waals surface area contributed by atoms with Crippen LogP contribution in [0.4, 0.5) is 0 Å². The van der Waals surface area contributed by atoms with E-state index in [1.807, 2.05) is 19.1 Å². The van der Waals surface area contributed by atoms with Crippen LogP contribution >= 0.6 is 0 Å². The highest BCUT2D eigenvalue weighted by Gasteiger charge is 2.16. The fourth-order valence-corrected chi connectivity index (χ4v) is 2.08. The Morgan fingerprint density at radius 3 is 2.40 bits per heavy atom. The third-order valence-corrected chi connectivity index (χ3v) is 3.25. The lowest BCUT2D eigenvalue weighted by molar-refractivity contribution is -0.123. The molecule has 4 N–H and O–H groups in total. The van der Waals surface area contributed by atoms with Crippen LogP contribution in [-0.2, 0) is 11.2 Å². The fraction of sp³-hybridized carbons (Fsp3) is 0.562. The fourth-order valence-electron chi connectivity index (χ4n) is 2.08. The Balaban J connectivity index is 2.34. The Morgan fingerprint density at radius 2 is 1.85 bits per heavy atom. The summed E-state index contributed by atoms with van der Waals surface area (Å²) in [6, 6.07) is 6.82. The second kappa shape index (κ2) is 7.90. The molecule has 0 heterocycles. The van der Waals surface area contributed by atoms with Gasteiger partial charge in [0.05, 0.1) is 6.04 Å². The van der Waals surface area contributed by atoms with Gasteiger partial charge < -0.3 is 16.2 Å². The van der Waals surface area contributed by atoms with Crippen LogP contribution in [0.5, 0.6) is 5.75 Å². The molecule has 0 aromatic heterocycles. The molecular weight excluding hydrogens is 252 g/mol. The zero-order chi connectivity index (χ0) is 15.1. The summed E-state index contributed by atoms with van der Waals surface area (Å²) in [5.74, 6) is 0.620. The minimum atomic E-state index is -0.425. The molecule has 1 amide bonds. The molecular formula is C16H26N2O2. The van der Waals surface area contributed by atoms with Crippen molar-refractivity contribution < 1.29 is 9.90 Å².